The van der Waals surface area contributed by atoms with Crippen LogP contribution in [0.25, 0.3) is 0 Å². The number of hydrogen-bond acceptors (Lipinski definition) is 2. The molecular formula is C6H6O2SSi. The van der Waals surface area contributed by atoms with E-state index in [0.29, 0.717) is 0 Å². The average Bonchev–Trinajstić information content (AvgIpc) is 1.88. The lowest BCUT2D eigenvalue weighted by Crippen LogP contribution is -2.05. The van der Waals surface area contributed by atoms with E-state index in [1.807, 2.05) is 30.3 Å². The fourth-order valence-corrected chi connectivity index (χ4v) is 2.38. The molecule has 0 aromatic heterocycles. The van der Waals surface area contributed by atoms with E-state index in [1.165, 1.54) is 0 Å². The van der Waals surface area contributed by atoms with E-state index in [1.54, 1.807) is 0 Å². The van der Waals surface area contributed by atoms with Gasteiger partial charge in [-0.25, -0.2) is 0 Å². The molecule has 0 N–H and O–H groups in total. The molecule has 1 rings (SSSR count). The van der Waals surface area contributed by atoms with Crippen LogP contribution in [0.1, 0.15) is 0 Å². The van der Waals surface area contributed by atoms with Crippen molar-refractivity contribution >= 4 is 23.1 Å². The molecule has 1 aromatic rings. The molecule has 4 heteroatoms. The van der Waals surface area contributed by atoms with E-state index in [4.69, 9.17) is 0 Å². The first-order chi connectivity index (χ1) is 4.79. The summed E-state index contributed by atoms with van der Waals surface area (Å²) < 4.78 is 20.4. The molecule has 0 aliphatic rings. The maximum atomic E-state index is 10.2. The Morgan fingerprint density at radius 2 is 1.70 bits per heavy atom. The predicted molar refractivity (Wildman–Crippen MR) is 42.1 cm³/mol. The van der Waals surface area contributed by atoms with Crippen LogP contribution in [0.15, 0.2) is 30.3 Å². The third-order valence-corrected chi connectivity index (χ3v) is 3.28. The first kappa shape index (κ1) is 7.36. The first-order valence-electron chi connectivity index (χ1n) is 2.77. The van der Waals surface area contributed by atoms with Crippen LogP contribution in [-0.4, -0.2) is 16.6 Å². The van der Waals surface area contributed by atoms with Crippen molar-refractivity contribution in [2.24, 2.45) is 0 Å². The maximum absolute atomic E-state index is 10.2. The number of hydrogen-bond donors (Lipinski definition) is 0. The molecule has 52 valence electrons. The van der Waals surface area contributed by atoms with Crippen LogP contribution in [0.2, 0.25) is 0 Å². The molecule has 0 atom stereocenters. The summed E-state index contributed by atoms with van der Waals surface area (Å²) in [5.74, 6) is 0. The molecule has 0 aliphatic carbocycles. The van der Waals surface area contributed by atoms with Crippen LogP contribution < -0.4 is 5.19 Å². The normalized spacial score (nSPS) is 8.80. The number of rotatable bonds is 1. The van der Waals surface area contributed by atoms with Gasteiger partial charge in [0.25, 0.3) is 0 Å². The largest absolute Gasteiger partial charge is 0.194 e. The molecule has 0 spiro atoms. The molecule has 0 amide bonds. The highest BCUT2D eigenvalue weighted by molar-refractivity contribution is 7.79. The highest BCUT2D eigenvalue weighted by Crippen LogP contribution is 1.77. The summed E-state index contributed by atoms with van der Waals surface area (Å²) in [4.78, 5) is 0. The molecule has 10 heavy (non-hydrogen) atoms. The Hall–Kier alpha value is -0.743. The van der Waals surface area contributed by atoms with E-state index < -0.39 is 17.9 Å². The Morgan fingerprint density at radius 1 is 1.10 bits per heavy atom. The van der Waals surface area contributed by atoms with Crippen LogP contribution in [0.3, 0.4) is 0 Å². The van der Waals surface area contributed by atoms with Gasteiger partial charge >= 0.3 is 0 Å². The summed E-state index contributed by atoms with van der Waals surface area (Å²) in [6.07, 6.45) is 0. The lowest BCUT2D eigenvalue weighted by atomic mass is 10.4. The van der Waals surface area contributed by atoms with Crippen molar-refractivity contribution in [1.29, 1.82) is 0 Å². The SMILES string of the molecule is O=S(=O)=[SiH]c1ccccc1. The Morgan fingerprint density at radius 3 is 2.20 bits per heavy atom. The fourth-order valence-electron chi connectivity index (χ4n) is 0.643. The van der Waals surface area contributed by atoms with E-state index in [-0.39, 0.29) is 0 Å². The van der Waals surface area contributed by atoms with Crippen LogP contribution in [-0.2, 0) is 9.70 Å². The van der Waals surface area contributed by atoms with Crippen molar-refractivity contribution < 1.29 is 8.42 Å². The van der Waals surface area contributed by atoms with E-state index >= 15 is 0 Å². The average molecular weight is 170 g/mol. The van der Waals surface area contributed by atoms with Gasteiger partial charge in [0.05, 0.1) is 0 Å². The minimum Gasteiger partial charge on any atom is -0.194 e. The molecule has 0 radical (unpaired) electrons. The zero-order chi connectivity index (χ0) is 7.40. The Balaban J connectivity index is 3.10. The van der Waals surface area contributed by atoms with Gasteiger partial charge in [-0.15, -0.1) is 0 Å². The monoisotopic (exact) mass is 170 g/mol. The Kier molecular flexibility index (Phi) is 2.53. The second kappa shape index (κ2) is 3.43. The molecule has 0 heterocycles. The van der Waals surface area contributed by atoms with Crippen molar-refractivity contribution in [3.8, 4) is 0 Å². The molecule has 2 nitrogen and oxygen atoms in total. The zero-order valence-corrected chi connectivity index (χ0v) is 7.16. The van der Waals surface area contributed by atoms with Gasteiger partial charge < -0.3 is 0 Å². The lowest BCUT2D eigenvalue weighted by molar-refractivity contribution is 0.628. The zero-order valence-electron chi connectivity index (χ0n) is 5.19. The smallest absolute Gasteiger partial charge is 0.188 e. The van der Waals surface area contributed by atoms with Crippen LogP contribution in [0.5, 0.6) is 0 Å². The van der Waals surface area contributed by atoms with Gasteiger partial charge in [-0.05, 0) is 5.19 Å². The molecule has 0 aliphatic heterocycles. The summed E-state index contributed by atoms with van der Waals surface area (Å²) in [5, 5.41) is 0.913. The second-order valence-corrected chi connectivity index (χ2v) is 5.07. The molecule has 0 fully saturated rings. The third-order valence-electron chi connectivity index (χ3n) is 1.03. The molecule has 1 aromatic carbocycles. The lowest BCUT2D eigenvalue weighted by Gasteiger charge is -1.83. The van der Waals surface area contributed by atoms with Gasteiger partial charge in [-0.1, -0.05) is 30.3 Å². The fraction of sp³-hybridized carbons (Fsp3) is 0. The number of benzene rings is 1. The van der Waals surface area contributed by atoms with E-state index in [2.05, 4.69) is 0 Å². The van der Waals surface area contributed by atoms with Crippen LogP contribution in [0, 0.1) is 0 Å². The highest BCUT2D eigenvalue weighted by atomic mass is 32.3. The van der Waals surface area contributed by atoms with Gasteiger partial charge in [0.2, 0.25) is 0 Å². The molecule has 0 bridgehead atoms. The summed E-state index contributed by atoms with van der Waals surface area (Å²) in [6, 6.07) is 9.21. The van der Waals surface area contributed by atoms with Gasteiger partial charge in [-0.3, -0.25) is 0 Å². The van der Waals surface area contributed by atoms with Gasteiger partial charge in [-0.2, -0.15) is 8.42 Å². The summed E-state index contributed by atoms with van der Waals surface area (Å²) in [6.45, 7) is 0. The second-order valence-electron chi connectivity index (χ2n) is 1.79. The topological polar surface area (TPSA) is 34.1 Å². The quantitative estimate of drug-likeness (QED) is 0.535. The van der Waals surface area contributed by atoms with Crippen LogP contribution in [0.4, 0.5) is 0 Å². The molecule has 0 saturated heterocycles. The predicted octanol–water partition coefficient (Wildman–Crippen LogP) is -0.458. The molecule has 0 unspecified atom stereocenters. The van der Waals surface area contributed by atoms with Crippen molar-refractivity contribution in [3.05, 3.63) is 30.3 Å². The van der Waals surface area contributed by atoms with Crippen molar-refractivity contribution in [1.82, 2.24) is 0 Å². The molecule has 0 saturated carbocycles. The van der Waals surface area contributed by atoms with Gasteiger partial charge in [0.1, 0.15) is 0 Å². The first-order valence-corrected chi connectivity index (χ1v) is 5.90. The summed E-state index contributed by atoms with van der Waals surface area (Å²) >= 11 is 0. The Bertz CT molecular complexity index is 320. The summed E-state index contributed by atoms with van der Waals surface area (Å²) in [5.41, 5.74) is 0. The van der Waals surface area contributed by atoms with E-state index in [0.717, 1.165) is 5.19 Å². The van der Waals surface area contributed by atoms with E-state index in [9.17, 15) is 8.42 Å². The standard InChI is InChI=1S/C6H6O2SSi/c7-9(8)10-6-4-2-1-3-5-6/h1-5,10H. The minimum absolute atomic E-state index is 0.591. The molecular weight excluding hydrogens is 164 g/mol. The van der Waals surface area contributed by atoms with Crippen molar-refractivity contribution in [2.75, 3.05) is 0 Å². The Labute approximate surface area is 62.4 Å². The summed E-state index contributed by atoms with van der Waals surface area (Å²) in [7, 11) is -2.47. The van der Waals surface area contributed by atoms with Crippen molar-refractivity contribution in [2.45, 2.75) is 0 Å². The van der Waals surface area contributed by atoms with Gasteiger partial charge in [0.15, 0.2) is 17.9 Å². The third kappa shape index (κ3) is 2.24. The minimum atomic E-state index is -1.88. The van der Waals surface area contributed by atoms with Crippen molar-refractivity contribution in [3.63, 3.8) is 0 Å². The maximum Gasteiger partial charge on any atom is 0.188 e. The van der Waals surface area contributed by atoms with Gasteiger partial charge in [0, 0.05) is 0 Å². The highest BCUT2D eigenvalue weighted by Gasteiger charge is 1.83. The van der Waals surface area contributed by atoms with Crippen LogP contribution >= 0.6 is 0 Å².